The molecule has 0 amide bonds. The largest absolute Gasteiger partial charge is 0.466 e. The summed E-state index contributed by atoms with van der Waals surface area (Å²) in [5.74, 6) is -0.362. The molecule has 1 aromatic heterocycles. The molecule has 1 saturated heterocycles. The van der Waals surface area contributed by atoms with Crippen molar-refractivity contribution in [1.82, 2.24) is 9.29 Å². The zero-order valence-electron chi connectivity index (χ0n) is 17.5. The Morgan fingerprint density at radius 2 is 1.93 bits per heavy atom. The molecular formula is C22H28N2O5S. The van der Waals surface area contributed by atoms with Crippen LogP contribution in [0.5, 0.6) is 0 Å². The molecule has 162 valence electrons. The predicted octanol–water partition coefficient (Wildman–Crippen LogP) is 3.21. The van der Waals surface area contributed by atoms with Gasteiger partial charge in [0.25, 0.3) is 0 Å². The first-order chi connectivity index (χ1) is 14.4. The molecule has 0 unspecified atom stereocenters. The fourth-order valence-corrected chi connectivity index (χ4v) is 6.40. The van der Waals surface area contributed by atoms with Crippen LogP contribution in [-0.4, -0.2) is 49.2 Å². The highest BCUT2D eigenvalue weighted by atomic mass is 32.2. The van der Waals surface area contributed by atoms with Gasteiger partial charge in [0.2, 0.25) is 10.0 Å². The molecule has 30 heavy (non-hydrogen) atoms. The fourth-order valence-electron chi connectivity index (χ4n) is 4.63. The van der Waals surface area contributed by atoms with Crippen molar-refractivity contribution in [2.45, 2.75) is 57.3 Å². The summed E-state index contributed by atoms with van der Waals surface area (Å²) in [6.45, 7) is 4.62. The number of hydrogen-bond acceptors (Lipinski definition) is 5. The van der Waals surface area contributed by atoms with E-state index < -0.39 is 10.0 Å². The third kappa shape index (κ3) is 3.56. The molecule has 0 atom stereocenters. The van der Waals surface area contributed by atoms with E-state index in [0.717, 1.165) is 35.0 Å². The molecule has 2 heterocycles. The number of piperidine rings is 1. The Balaban J connectivity index is 1.67. The van der Waals surface area contributed by atoms with Crippen LogP contribution in [0, 0.1) is 5.92 Å². The van der Waals surface area contributed by atoms with Crippen molar-refractivity contribution in [1.29, 1.82) is 0 Å². The second kappa shape index (κ2) is 8.15. The standard InChI is InChI=1S/C22H28N2O5S/c1-3-14-12-16-18(23-17-6-5-7-19(25)21(16)17)13-20(14)30(27,28)24-10-8-15(9-11-24)22(26)29-4-2/h12-13,15,23H,3-11H2,1-2H3. The first-order valence-corrected chi connectivity index (χ1v) is 12.2. The van der Waals surface area contributed by atoms with Gasteiger partial charge >= 0.3 is 5.97 Å². The first-order valence-electron chi connectivity index (χ1n) is 10.7. The normalized spacial score (nSPS) is 18.5. The van der Waals surface area contributed by atoms with Gasteiger partial charge < -0.3 is 9.72 Å². The van der Waals surface area contributed by atoms with Crippen LogP contribution >= 0.6 is 0 Å². The molecule has 1 aliphatic heterocycles. The van der Waals surface area contributed by atoms with Gasteiger partial charge in [-0.1, -0.05) is 6.92 Å². The molecule has 1 aliphatic carbocycles. The highest BCUT2D eigenvalue weighted by Crippen LogP contribution is 2.34. The number of hydrogen-bond donors (Lipinski definition) is 1. The third-order valence-corrected chi connectivity index (χ3v) is 8.22. The second-order valence-electron chi connectivity index (χ2n) is 8.04. The van der Waals surface area contributed by atoms with Gasteiger partial charge in [-0.25, -0.2) is 8.42 Å². The van der Waals surface area contributed by atoms with Crippen LogP contribution in [-0.2, 0) is 32.4 Å². The molecule has 1 N–H and O–H groups in total. The zero-order valence-corrected chi connectivity index (χ0v) is 18.3. The van der Waals surface area contributed by atoms with Crippen molar-refractivity contribution in [2.75, 3.05) is 19.7 Å². The van der Waals surface area contributed by atoms with Gasteiger partial charge in [0.15, 0.2) is 5.78 Å². The lowest BCUT2D eigenvalue weighted by Crippen LogP contribution is -2.40. The van der Waals surface area contributed by atoms with E-state index in [2.05, 4.69) is 4.98 Å². The number of rotatable bonds is 5. The van der Waals surface area contributed by atoms with Crippen molar-refractivity contribution in [3.8, 4) is 0 Å². The summed E-state index contributed by atoms with van der Waals surface area (Å²) < 4.78 is 33.4. The number of carbonyl (C=O) groups is 2. The van der Waals surface area contributed by atoms with Crippen LogP contribution in [0.15, 0.2) is 17.0 Å². The molecule has 0 saturated carbocycles. The van der Waals surface area contributed by atoms with Gasteiger partial charge in [0.05, 0.1) is 17.4 Å². The number of ketones is 1. The van der Waals surface area contributed by atoms with Crippen molar-refractivity contribution in [2.24, 2.45) is 5.92 Å². The van der Waals surface area contributed by atoms with E-state index in [1.807, 2.05) is 13.0 Å². The Morgan fingerprint density at radius 1 is 1.20 bits per heavy atom. The average Bonchev–Trinajstić information content (AvgIpc) is 3.11. The topological polar surface area (TPSA) is 96.5 Å². The van der Waals surface area contributed by atoms with E-state index in [9.17, 15) is 18.0 Å². The van der Waals surface area contributed by atoms with E-state index in [-0.39, 0.29) is 22.6 Å². The van der Waals surface area contributed by atoms with Gasteiger partial charge in [0.1, 0.15) is 0 Å². The molecule has 0 radical (unpaired) electrons. The number of nitrogens with one attached hydrogen (secondary N) is 1. The molecule has 4 rings (SSSR count). The van der Waals surface area contributed by atoms with Crippen LogP contribution in [0.3, 0.4) is 0 Å². The number of H-pyrrole nitrogens is 1. The molecule has 1 fully saturated rings. The van der Waals surface area contributed by atoms with E-state index >= 15 is 0 Å². The van der Waals surface area contributed by atoms with Gasteiger partial charge in [-0.05, 0) is 56.7 Å². The molecule has 2 aliphatic rings. The molecule has 0 spiro atoms. The Kier molecular flexibility index (Phi) is 5.72. The van der Waals surface area contributed by atoms with Crippen LogP contribution in [0.2, 0.25) is 0 Å². The summed E-state index contributed by atoms with van der Waals surface area (Å²) in [4.78, 5) is 28.0. The summed E-state index contributed by atoms with van der Waals surface area (Å²) in [5.41, 5.74) is 3.06. The van der Waals surface area contributed by atoms with Crippen LogP contribution in [0.1, 0.15) is 61.1 Å². The number of fused-ring (bicyclic) bond motifs is 3. The Bertz CT molecular complexity index is 1090. The van der Waals surface area contributed by atoms with Crippen LogP contribution < -0.4 is 0 Å². The highest BCUT2D eigenvalue weighted by molar-refractivity contribution is 7.89. The molecule has 8 heteroatoms. The molecule has 7 nitrogen and oxygen atoms in total. The summed E-state index contributed by atoms with van der Waals surface area (Å²) in [6.07, 6.45) is 3.65. The van der Waals surface area contributed by atoms with Gasteiger partial charge in [-0.3, -0.25) is 9.59 Å². The van der Waals surface area contributed by atoms with Gasteiger partial charge in [-0.2, -0.15) is 4.31 Å². The number of ether oxygens (including phenoxy) is 1. The lowest BCUT2D eigenvalue weighted by Gasteiger charge is -2.30. The van der Waals surface area contributed by atoms with E-state index in [1.54, 1.807) is 13.0 Å². The van der Waals surface area contributed by atoms with Gasteiger partial charge in [-0.15, -0.1) is 0 Å². The quantitative estimate of drug-likeness (QED) is 0.732. The van der Waals surface area contributed by atoms with E-state index in [1.165, 1.54) is 4.31 Å². The Morgan fingerprint density at radius 3 is 2.60 bits per heavy atom. The number of benzene rings is 1. The summed E-state index contributed by atoms with van der Waals surface area (Å²) in [6, 6.07) is 3.55. The number of aryl methyl sites for hydroxylation is 2. The first kappa shape index (κ1) is 21.1. The number of carbonyl (C=O) groups excluding carboxylic acids is 2. The summed E-state index contributed by atoms with van der Waals surface area (Å²) >= 11 is 0. The lowest BCUT2D eigenvalue weighted by atomic mass is 9.94. The van der Waals surface area contributed by atoms with E-state index in [0.29, 0.717) is 50.9 Å². The van der Waals surface area contributed by atoms with Crippen molar-refractivity contribution in [3.63, 3.8) is 0 Å². The summed E-state index contributed by atoms with van der Waals surface area (Å²) in [7, 11) is -3.70. The number of Topliss-reactive ketones (excluding diaryl/α,β-unsaturated/α-hetero) is 1. The second-order valence-corrected chi connectivity index (χ2v) is 9.95. The Labute approximate surface area is 176 Å². The maximum atomic E-state index is 13.4. The summed E-state index contributed by atoms with van der Waals surface area (Å²) in [5, 5.41) is 0.825. The molecule has 1 aromatic carbocycles. The van der Waals surface area contributed by atoms with E-state index in [4.69, 9.17) is 4.74 Å². The smallest absolute Gasteiger partial charge is 0.309 e. The third-order valence-electron chi connectivity index (χ3n) is 6.24. The van der Waals surface area contributed by atoms with Crippen molar-refractivity contribution >= 4 is 32.7 Å². The predicted molar refractivity (Wildman–Crippen MR) is 113 cm³/mol. The molecular weight excluding hydrogens is 404 g/mol. The van der Waals surface area contributed by atoms with Gasteiger partial charge in [0, 0.05) is 41.7 Å². The zero-order chi connectivity index (χ0) is 21.5. The van der Waals surface area contributed by atoms with Crippen molar-refractivity contribution in [3.05, 3.63) is 29.0 Å². The number of aromatic amines is 1. The minimum absolute atomic E-state index is 0.126. The van der Waals surface area contributed by atoms with Crippen LogP contribution in [0.4, 0.5) is 0 Å². The Hall–Kier alpha value is -2.19. The minimum Gasteiger partial charge on any atom is -0.466 e. The SMILES string of the molecule is CCOC(=O)C1CCN(S(=O)(=O)c2cc3[nH]c4c(c3cc2CC)C(=O)CCC4)CC1. The number of aromatic nitrogens is 1. The number of sulfonamides is 1. The monoisotopic (exact) mass is 432 g/mol. The minimum atomic E-state index is -3.70. The molecule has 2 aromatic rings. The number of esters is 1. The highest BCUT2D eigenvalue weighted by Gasteiger charge is 2.34. The van der Waals surface area contributed by atoms with Crippen LogP contribution in [0.25, 0.3) is 10.9 Å². The fraction of sp³-hybridized carbons (Fsp3) is 0.545. The molecule has 0 bridgehead atoms. The maximum Gasteiger partial charge on any atom is 0.309 e. The maximum absolute atomic E-state index is 13.4. The average molecular weight is 433 g/mol. The van der Waals surface area contributed by atoms with Crippen molar-refractivity contribution < 1.29 is 22.7 Å². The number of nitrogens with zero attached hydrogens (tertiary/aromatic N) is 1. The lowest BCUT2D eigenvalue weighted by molar-refractivity contribution is -0.149.